The van der Waals surface area contributed by atoms with Crippen LogP contribution in [0, 0.1) is 0 Å². The summed E-state index contributed by atoms with van der Waals surface area (Å²) in [4.78, 5) is 175. The van der Waals surface area contributed by atoms with E-state index >= 15 is 0 Å². The highest BCUT2D eigenvalue weighted by Gasteiger charge is 2.55. The van der Waals surface area contributed by atoms with E-state index in [0.717, 1.165) is 33.0 Å². The van der Waals surface area contributed by atoms with Crippen molar-refractivity contribution < 1.29 is 95.4 Å². The summed E-state index contributed by atoms with van der Waals surface area (Å²) in [5.74, 6) is 3.73. The number of carbonyl (C=O) groups excluding carboxylic acids is 12. The summed E-state index contributed by atoms with van der Waals surface area (Å²) in [7, 11) is 6.15. The molecule has 0 saturated carbocycles. The molecule has 1 unspecified atom stereocenters. The maximum atomic E-state index is 13.2. The monoisotopic (exact) mass is 1830 g/mol. The molecule has 8 aliphatic rings. The third kappa shape index (κ3) is 17.7. The Balaban J connectivity index is 0.000000121. The van der Waals surface area contributed by atoms with Crippen molar-refractivity contribution in [2.24, 2.45) is 0 Å². The minimum absolute atomic E-state index is 0.0246. The summed E-state index contributed by atoms with van der Waals surface area (Å²) >= 11 is 0. The lowest BCUT2D eigenvalue weighted by atomic mass is 9.89. The molecule has 4 fully saturated rings. The van der Waals surface area contributed by atoms with E-state index in [4.69, 9.17) is 37.9 Å². The van der Waals surface area contributed by atoms with Crippen LogP contribution >= 0.6 is 0 Å². The molecular formula is C100H82N16O20. The molecule has 4 atom stereocenters. The Kier molecular flexibility index (Phi) is 24.1. The van der Waals surface area contributed by atoms with Gasteiger partial charge in [-0.1, -0.05) is 78.9 Å². The largest absolute Gasteiger partial charge is 0.497 e. The number of ether oxygens (including phenoxy) is 8. The average molecular weight is 1830 g/mol. The topological polar surface area (TPSA) is 439 Å². The van der Waals surface area contributed by atoms with Gasteiger partial charge in [-0.3, -0.25) is 74.6 Å². The van der Waals surface area contributed by atoms with Crippen molar-refractivity contribution in [1.82, 2.24) is 82.1 Å². The average Bonchev–Trinajstić information content (AvgIpc) is 1.61. The van der Waals surface area contributed by atoms with Gasteiger partial charge < -0.3 is 78.8 Å². The molecule has 13 aromatic rings. The number of hydrogen-bond donors (Lipinski definition) is 8. The number of benzene rings is 9. The Morgan fingerprint density at radius 2 is 0.574 bits per heavy atom. The predicted molar refractivity (Wildman–Crippen MR) is 485 cm³/mol. The van der Waals surface area contributed by atoms with Gasteiger partial charge in [0.1, 0.15) is 63.2 Å². The van der Waals surface area contributed by atoms with E-state index in [-0.39, 0.29) is 49.8 Å². The van der Waals surface area contributed by atoms with Gasteiger partial charge in [-0.25, -0.2) is 24.2 Å². The number of urea groups is 4. The third-order valence-corrected chi connectivity index (χ3v) is 24.1. The number of fused-ring (bicyclic) bond motifs is 5. The van der Waals surface area contributed by atoms with E-state index in [1.807, 2.05) is 54.6 Å². The molecule has 8 N–H and O–H groups in total. The zero-order valence-corrected chi connectivity index (χ0v) is 73.0. The van der Waals surface area contributed by atoms with Crippen LogP contribution in [-0.2, 0) is 67.5 Å². The molecule has 12 heterocycles. The van der Waals surface area contributed by atoms with Crippen LogP contribution in [0.4, 0.5) is 19.2 Å². The van der Waals surface area contributed by atoms with E-state index in [2.05, 4.69) is 62.5 Å². The Hall–Kier alpha value is -18.1. The second-order valence-electron chi connectivity index (χ2n) is 32.4. The van der Waals surface area contributed by atoms with Gasteiger partial charge in [0, 0.05) is 90.9 Å². The van der Waals surface area contributed by atoms with Gasteiger partial charge in [0.2, 0.25) is 5.88 Å². The van der Waals surface area contributed by atoms with Crippen LogP contribution in [0.15, 0.2) is 280 Å². The highest BCUT2D eigenvalue weighted by molar-refractivity contribution is 6.12. The van der Waals surface area contributed by atoms with Crippen LogP contribution in [0.3, 0.4) is 0 Å². The molecule has 4 aromatic heterocycles. The van der Waals surface area contributed by atoms with E-state index in [9.17, 15) is 57.5 Å². The second kappa shape index (κ2) is 37.0. The summed E-state index contributed by atoms with van der Waals surface area (Å²) < 4.78 is 44.2. The molecule has 36 heteroatoms. The van der Waals surface area contributed by atoms with Crippen molar-refractivity contribution in [2.45, 2.75) is 48.3 Å². The van der Waals surface area contributed by atoms with E-state index in [1.54, 1.807) is 245 Å². The first-order chi connectivity index (χ1) is 65.9. The standard InChI is InChI=1S/C28H22N4O5.3C24H20N4O5/c1-36-22-6-3-19-15-32(25(33)24(19)13-22)16-28(26(34)30-27(35)31-28)20-4-8-21(9-5-20)37-23-7-2-18-14-29-11-10-17(18)12-23;2*1-32-18-7-4-15-13-28(21(29)20(15)11-18)14-24(22(30)26-23(31)27-24)16-5-8-17(9-6-16)33-19-3-2-10-25-12-19;1-32-18-8-5-15-13-28(21(29)19(15)12-18)14-24(22(30)26-23(31)27-24)16-6-9-17(10-7-16)33-20-4-2-3-11-25-20/h2-14H,15-16H2,1H3,(H2,30,31,34,35);3*2-12H,13-14H2,1H3,(H2,26,27,30,31)/t28-;24-;;24-/m00.0/s1. The number of nitrogens with zero attached hydrogens (tertiary/aromatic N) is 8. The summed E-state index contributed by atoms with van der Waals surface area (Å²) in [6, 6.07) is 66.1. The number of amides is 16. The van der Waals surface area contributed by atoms with E-state index < -0.39 is 69.9 Å². The maximum absolute atomic E-state index is 13.2. The van der Waals surface area contributed by atoms with Crippen molar-refractivity contribution in [3.05, 3.63) is 347 Å². The summed E-state index contributed by atoms with van der Waals surface area (Å²) in [6.07, 6.45) is 11.6. The molecule has 16 amide bonds. The van der Waals surface area contributed by atoms with Crippen LogP contribution in [-0.4, -0.2) is 166 Å². The number of carbonyl (C=O) groups is 12. The number of nitrogens with one attached hydrogen (secondary N) is 8. The third-order valence-electron chi connectivity index (χ3n) is 24.1. The molecule has 0 spiro atoms. The van der Waals surface area contributed by atoms with E-state index in [0.29, 0.717) is 140 Å². The molecule has 0 radical (unpaired) electrons. The highest BCUT2D eigenvalue weighted by atomic mass is 16.5. The number of hydrogen-bond acceptors (Lipinski definition) is 24. The fourth-order valence-electron chi connectivity index (χ4n) is 17.2. The Morgan fingerprint density at radius 1 is 0.272 bits per heavy atom. The van der Waals surface area contributed by atoms with Crippen LogP contribution in [0.5, 0.6) is 69.1 Å². The van der Waals surface area contributed by atoms with Crippen LogP contribution < -0.4 is 80.4 Å². The zero-order valence-electron chi connectivity index (χ0n) is 73.0. The number of methoxy groups -OCH3 is 4. The van der Waals surface area contributed by atoms with Crippen molar-refractivity contribution in [1.29, 1.82) is 0 Å². The Bertz CT molecular complexity index is 6490. The minimum atomic E-state index is -1.44. The van der Waals surface area contributed by atoms with Gasteiger partial charge in [-0.15, -0.1) is 0 Å². The summed E-state index contributed by atoms with van der Waals surface area (Å²) in [6.45, 7) is 1.19. The smallest absolute Gasteiger partial charge is 0.322 e. The predicted octanol–water partition coefficient (Wildman–Crippen LogP) is 11.4. The van der Waals surface area contributed by atoms with Crippen molar-refractivity contribution in [3.8, 4) is 69.1 Å². The first-order valence-electron chi connectivity index (χ1n) is 42.5. The first-order valence-corrected chi connectivity index (χ1v) is 42.5. The highest BCUT2D eigenvalue weighted by Crippen LogP contribution is 2.41. The molecule has 8 aliphatic heterocycles. The van der Waals surface area contributed by atoms with Gasteiger partial charge in [-0.05, 0) is 202 Å². The Labute approximate surface area is 774 Å². The van der Waals surface area contributed by atoms with Crippen LogP contribution in [0.25, 0.3) is 10.8 Å². The number of aromatic nitrogens is 4. The number of pyridine rings is 4. The molecule has 0 aliphatic carbocycles. The molecule has 36 nitrogen and oxygen atoms in total. The number of rotatable bonds is 24. The van der Waals surface area contributed by atoms with Gasteiger partial charge in [0.15, 0.2) is 22.2 Å². The lowest BCUT2D eigenvalue weighted by Gasteiger charge is -2.31. The molecule has 4 saturated heterocycles. The lowest BCUT2D eigenvalue weighted by molar-refractivity contribution is -0.125. The van der Waals surface area contributed by atoms with Gasteiger partial charge in [0.25, 0.3) is 47.3 Å². The normalized spacial score (nSPS) is 19.0. The minimum Gasteiger partial charge on any atom is -0.497 e. The molecule has 0 bridgehead atoms. The molecule has 9 aromatic carbocycles. The quantitative estimate of drug-likeness (QED) is 0.0260. The van der Waals surface area contributed by atoms with E-state index in [1.165, 1.54) is 28.4 Å². The summed E-state index contributed by atoms with van der Waals surface area (Å²) in [5.41, 5.74) is 1.84. The fraction of sp³-hybridized carbons (Fsp3) is 0.160. The van der Waals surface area contributed by atoms with Crippen LogP contribution in [0.1, 0.15) is 85.9 Å². The molecule has 136 heavy (non-hydrogen) atoms. The van der Waals surface area contributed by atoms with Crippen molar-refractivity contribution >= 4 is 82.2 Å². The lowest BCUT2D eigenvalue weighted by Crippen LogP contribution is -2.52. The van der Waals surface area contributed by atoms with Gasteiger partial charge >= 0.3 is 24.1 Å². The second-order valence-corrected chi connectivity index (χ2v) is 32.4. The molecular weight excluding hydrogens is 1750 g/mol. The zero-order chi connectivity index (χ0) is 94.6. The SMILES string of the molecule is COc1ccc2c(c1)C(=O)N(CC1(c3ccc(Oc4cccnc4)cc3)NC(=O)NC1=O)C2.COc1ccc2c(c1)C(=O)N(C[C@@]1(c3ccc(Oc4ccc5cnccc5c4)cc3)NC(=O)NC1=O)C2.COc1ccc2c(c1)C(=O)N(C[C@@]1(c3ccc(Oc4ccccn4)cc3)NC(=O)NC1=O)C2.COc1ccc2c(c1)C(=O)N(C[C@@]1(c3ccc(Oc4cccnc4)cc3)NC(=O)NC1=O)C2. The van der Waals surface area contributed by atoms with Crippen molar-refractivity contribution in [2.75, 3.05) is 54.6 Å². The van der Waals surface area contributed by atoms with Gasteiger partial charge in [-0.2, -0.15) is 0 Å². The van der Waals surface area contributed by atoms with Crippen molar-refractivity contribution in [3.63, 3.8) is 0 Å². The summed E-state index contributed by atoms with van der Waals surface area (Å²) in [5, 5.41) is 22.2. The van der Waals surface area contributed by atoms with Crippen LogP contribution in [0.2, 0.25) is 0 Å². The van der Waals surface area contributed by atoms with Gasteiger partial charge in [0.05, 0.1) is 67.0 Å². The first kappa shape index (κ1) is 88.5. The molecule has 682 valence electrons. The maximum Gasteiger partial charge on any atom is 0.322 e. The molecule has 21 rings (SSSR count). The Morgan fingerprint density at radius 3 is 0.860 bits per heavy atom. The number of imide groups is 4. The fourth-order valence-corrected chi connectivity index (χ4v) is 17.2.